The fourth-order valence-electron chi connectivity index (χ4n) is 1.70. The standard InChI is InChI=1S/C12H17ClN4/c13-7-3-1-2-4-8-14-11-6-10-17-12(16-11)5-9-15-17/h5-6,9-10H,1-4,7-8H2,(H,14,16). The molecular formula is C12H17ClN4. The number of aromatic nitrogens is 3. The molecule has 0 bridgehead atoms. The lowest BCUT2D eigenvalue weighted by molar-refractivity contribution is 0.687. The summed E-state index contributed by atoms with van der Waals surface area (Å²) in [5.41, 5.74) is 0.872. The van der Waals surface area contributed by atoms with Crippen molar-refractivity contribution in [1.29, 1.82) is 0 Å². The summed E-state index contributed by atoms with van der Waals surface area (Å²) in [7, 11) is 0. The Labute approximate surface area is 106 Å². The summed E-state index contributed by atoms with van der Waals surface area (Å²) in [6, 6.07) is 3.84. The van der Waals surface area contributed by atoms with E-state index >= 15 is 0 Å². The summed E-state index contributed by atoms with van der Waals surface area (Å²) >= 11 is 5.62. The molecule has 92 valence electrons. The minimum atomic E-state index is 0.771. The Kier molecular flexibility index (Phi) is 4.62. The summed E-state index contributed by atoms with van der Waals surface area (Å²) in [4.78, 5) is 4.44. The van der Waals surface area contributed by atoms with Crippen LogP contribution in [0.3, 0.4) is 0 Å². The molecule has 0 aliphatic rings. The highest BCUT2D eigenvalue weighted by Crippen LogP contribution is 2.07. The molecule has 0 aliphatic heterocycles. The van der Waals surface area contributed by atoms with E-state index in [0.717, 1.165) is 36.7 Å². The lowest BCUT2D eigenvalue weighted by atomic mass is 10.2. The molecular weight excluding hydrogens is 236 g/mol. The van der Waals surface area contributed by atoms with Crippen molar-refractivity contribution in [3.05, 3.63) is 24.5 Å². The largest absolute Gasteiger partial charge is 0.370 e. The van der Waals surface area contributed by atoms with Gasteiger partial charge in [0.05, 0.1) is 6.20 Å². The molecule has 0 saturated carbocycles. The molecule has 1 N–H and O–H groups in total. The van der Waals surface area contributed by atoms with E-state index in [1.54, 1.807) is 10.7 Å². The molecule has 17 heavy (non-hydrogen) atoms. The van der Waals surface area contributed by atoms with Crippen LogP contribution < -0.4 is 5.32 Å². The van der Waals surface area contributed by atoms with Crippen molar-refractivity contribution in [1.82, 2.24) is 14.6 Å². The Morgan fingerprint density at radius 1 is 1.18 bits per heavy atom. The van der Waals surface area contributed by atoms with Crippen molar-refractivity contribution in [2.75, 3.05) is 17.7 Å². The number of alkyl halides is 1. The van der Waals surface area contributed by atoms with Crippen LogP contribution in [-0.2, 0) is 0 Å². The average Bonchev–Trinajstić information content (AvgIpc) is 2.81. The van der Waals surface area contributed by atoms with Crippen LogP contribution in [0.4, 0.5) is 5.82 Å². The maximum absolute atomic E-state index is 5.62. The summed E-state index contributed by atoms with van der Waals surface area (Å²) < 4.78 is 1.76. The van der Waals surface area contributed by atoms with Crippen molar-refractivity contribution in [3.8, 4) is 0 Å². The highest BCUT2D eigenvalue weighted by atomic mass is 35.5. The third kappa shape index (κ3) is 3.60. The maximum Gasteiger partial charge on any atom is 0.157 e. The molecule has 0 spiro atoms. The van der Waals surface area contributed by atoms with E-state index < -0.39 is 0 Å². The normalized spacial score (nSPS) is 10.9. The van der Waals surface area contributed by atoms with Crippen molar-refractivity contribution in [2.24, 2.45) is 0 Å². The fourth-order valence-corrected chi connectivity index (χ4v) is 1.89. The van der Waals surface area contributed by atoms with E-state index in [1.165, 1.54) is 12.8 Å². The summed E-state index contributed by atoms with van der Waals surface area (Å²) in [6.07, 6.45) is 8.36. The van der Waals surface area contributed by atoms with Gasteiger partial charge in [0.15, 0.2) is 5.65 Å². The lowest BCUT2D eigenvalue weighted by Gasteiger charge is -2.05. The molecule has 0 aliphatic carbocycles. The van der Waals surface area contributed by atoms with Gasteiger partial charge in [-0.25, -0.2) is 9.50 Å². The van der Waals surface area contributed by atoms with Crippen LogP contribution in [0.1, 0.15) is 25.7 Å². The summed E-state index contributed by atoms with van der Waals surface area (Å²) in [5.74, 6) is 1.68. The quantitative estimate of drug-likeness (QED) is 0.609. The van der Waals surface area contributed by atoms with Gasteiger partial charge in [-0.2, -0.15) is 5.10 Å². The SMILES string of the molecule is ClCCCCCCNc1ccn2nccc2n1. The van der Waals surface area contributed by atoms with Gasteiger partial charge < -0.3 is 5.32 Å². The number of fused-ring (bicyclic) bond motifs is 1. The molecule has 0 aromatic carbocycles. The van der Waals surface area contributed by atoms with Crippen LogP contribution in [0.25, 0.3) is 5.65 Å². The number of halogens is 1. The van der Waals surface area contributed by atoms with Gasteiger partial charge in [-0.1, -0.05) is 12.8 Å². The predicted octanol–water partition coefficient (Wildman–Crippen LogP) is 2.94. The summed E-state index contributed by atoms with van der Waals surface area (Å²) in [5, 5.41) is 7.42. The van der Waals surface area contributed by atoms with Crippen molar-refractivity contribution < 1.29 is 0 Å². The van der Waals surface area contributed by atoms with Gasteiger partial charge in [0.1, 0.15) is 5.82 Å². The number of nitrogens with one attached hydrogen (secondary N) is 1. The minimum Gasteiger partial charge on any atom is -0.370 e. The third-order valence-corrected chi connectivity index (χ3v) is 2.89. The van der Waals surface area contributed by atoms with Gasteiger partial charge in [-0.05, 0) is 18.9 Å². The van der Waals surface area contributed by atoms with Gasteiger partial charge >= 0.3 is 0 Å². The smallest absolute Gasteiger partial charge is 0.157 e. The van der Waals surface area contributed by atoms with Crippen molar-refractivity contribution in [3.63, 3.8) is 0 Å². The van der Waals surface area contributed by atoms with E-state index in [-0.39, 0.29) is 0 Å². The van der Waals surface area contributed by atoms with Crippen LogP contribution >= 0.6 is 11.6 Å². The second-order valence-electron chi connectivity index (χ2n) is 3.98. The van der Waals surface area contributed by atoms with E-state index in [9.17, 15) is 0 Å². The van der Waals surface area contributed by atoms with Gasteiger partial charge in [-0.3, -0.25) is 0 Å². The first kappa shape index (κ1) is 12.2. The summed E-state index contributed by atoms with van der Waals surface area (Å²) in [6.45, 7) is 0.958. The van der Waals surface area contributed by atoms with Gasteiger partial charge in [0.2, 0.25) is 0 Å². The maximum atomic E-state index is 5.62. The van der Waals surface area contributed by atoms with E-state index in [0.29, 0.717) is 0 Å². The second kappa shape index (κ2) is 6.45. The second-order valence-corrected chi connectivity index (χ2v) is 4.35. The van der Waals surface area contributed by atoms with Crippen LogP contribution in [-0.4, -0.2) is 27.0 Å². The first-order valence-electron chi connectivity index (χ1n) is 6.00. The number of rotatable bonds is 7. The first-order valence-corrected chi connectivity index (χ1v) is 6.54. The third-order valence-electron chi connectivity index (χ3n) is 2.62. The molecule has 0 unspecified atom stereocenters. The zero-order valence-electron chi connectivity index (χ0n) is 9.77. The molecule has 0 amide bonds. The van der Waals surface area contributed by atoms with Crippen LogP contribution in [0.5, 0.6) is 0 Å². The van der Waals surface area contributed by atoms with Gasteiger partial charge in [-0.15, -0.1) is 11.6 Å². The number of anilines is 1. The van der Waals surface area contributed by atoms with Gasteiger partial charge in [0, 0.05) is 24.7 Å². The molecule has 0 fully saturated rings. The monoisotopic (exact) mass is 252 g/mol. The number of hydrogen-bond acceptors (Lipinski definition) is 3. The highest BCUT2D eigenvalue weighted by Gasteiger charge is 1.97. The Bertz CT molecular complexity index is 454. The zero-order chi connectivity index (χ0) is 11.9. The molecule has 0 radical (unpaired) electrons. The molecule has 4 nitrogen and oxygen atoms in total. The number of nitrogens with zero attached hydrogens (tertiary/aromatic N) is 3. The first-order chi connectivity index (χ1) is 8.40. The van der Waals surface area contributed by atoms with E-state index in [4.69, 9.17) is 11.6 Å². The molecule has 2 aromatic rings. The Balaban J connectivity index is 1.75. The van der Waals surface area contributed by atoms with E-state index in [1.807, 2.05) is 18.3 Å². The topological polar surface area (TPSA) is 42.2 Å². The molecule has 2 rings (SSSR count). The molecule has 0 atom stereocenters. The lowest BCUT2D eigenvalue weighted by Crippen LogP contribution is -2.04. The predicted molar refractivity (Wildman–Crippen MR) is 70.7 cm³/mol. The number of unbranched alkanes of at least 4 members (excludes halogenated alkanes) is 3. The van der Waals surface area contributed by atoms with Crippen LogP contribution in [0, 0.1) is 0 Å². The molecule has 5 heteroatoms. The van der Waals surface area contributed by atoms with Crippen molar-refractivity contribution >= 4 is 23.1 Å². The average molecular weight is 253 g/mol. The van der Waals surface area contributed by atoms with Gasteiger partial charge in [0.25, 0.3) is 0 Å². The van der Waals surface area contributed by atoms with Crippen molar-refractivity contribution in [2.45, 2.75) is 25.7 Å². The Morgan fingerprint density at radius 2 is 2.06 bits per heavy atom. The highest BCUT2D eigenvalue weighted by molar-refractivity contribution is 6.17. The zero-order valence-corrected chi connectivity index (χ0v) is 10.5. The van der Waals surface area contributed by atoms with Crippen LogP contribution in [0.2, 0.25) is 0 Å². The molecule has 0 saturated heterocycles. The van der Waals surface area contributed by atoms with E-state index in [2.05, 4.69) is 15.4 Å². The van der Waals surface area contributed by atoms with Crippen LogP contribution in [0.15, 0.2) is 24.5 Å². The Morgan fingerprint density at radius 3 is 2.94 bits per heavy atom. The minimum absolute atomic E-state index is 0.771. The Hall–Kier alpha value is -1.29. The molecule has 2 aromatic heterocycles. The number of hydrogen-bond donors (Lipinski definition) is 1. The fraction of sp³-hybridized carbons (Fsp3) is 0.500. The molecule has 2 heterocycles.